The quantitative estimate of drug-likeness (QED) is 0.751. The summed E-state index contributed by atoms with van der Waals surface area (Å²) in [5.74, 6) is 1.29. The van der Waals surface area contributed by atoms with Crippen LogP contribution in [0, 0.1) is 0 Å². The molecule has 1 N–H and O–H groups in total. The topological polar surface area (TPSA) is 60.0 Å². The number of nitrogens with zero attached hydrogens (tertiary/aromatic N) is 1. The van der Waals surface area contributed by atoms with Crippen LogP contribution in [0.5, 0.6) is 11.5 Å². The number of carbonyl (C=O) groups excluding carboxylic acids is 1. The van der Waals surface area contributed by atoms with E-state index in [1.54, 1.807) is 25.6 Å². The number of methoxy groups -OCH3 is 2. The average molecular weight is 391 g/mol. The van der Waals surface area contributed by atoms with Crippen molar-refractivity contribution in [3.05, 3.63) is 46.2 Å². The van der Waals surface area contributed by atoms with Gasteiger partial charge in [0, 0.05) is 24.5 Å². The molecule has 0 bridgehead atoms. The van der Waals surface area contributed by atoms with Gasteiger partial charge >= 0.3 is 0 Å². The summed E-state index contributed by atoms with van der Waals surface area (Å²) in [5, 5.41) is 5.17. The van der Waals surface area contributed by atoms with Crippen molar-refractivity contribution in [2.24, 2.45) is 0 Å². The molecule has 146 valence electrons. The maximum atomic E-state index is 12.5. The molecule has 0 spiro atoms. The van der Waals surface area contributed by atoms with Crippen molar-refractivity contribution < 1.29 is 19.0 Å². The van der Waals surface area contributed by atoms with Crippen molar-refractivity contribution in [3.63, 3.8) is 0 Å². The lowest BCUT2D eigenvalue weighted by molar-refractivity contribution is -0.120. The Hall–Kier alpha value is -2.09. The van der Waals surface area contributed by atoms with Crippen LogP contribution in [-0.2, 0) is 16.0 Å². The van der Waals surface area contributed by atoms with Gasteiger partial charge < -0.3 is 19.5 Å². The molecular formula is C20H26N2O4S. The van der Waals surface area contributed by atoms with Crippen LogP contribution >= 0.6 is 11.3 Å². The summed E-state index contributed by atoms with van der Waals surface area (Å²) in [5.41, 5.74) is 0.893. The minimum atomic E-state index is -0.00274. The summed E-state index contributed by atoms with van der Waals surface area (Å²) >= 11 is 1.73. The van der Waals surface area contributed by atoms with Crippen LogP contribution in [0.4, 0.5) is 0 Å². The Bertz CT molecular complexity index is 730. The van der Waals surface area contributed by atoms with E-state index in [0.717, 1.165) is 31.9 Å². The molecule has 7 heteroatoms. The second kappa shape index (κ2) is 9.73. The molecule has 1 aliphatic rings. The number of carbonyl (C=O) groups is 1. The fraction of sp³-hybridized carbons (Fsp3) is 0.450. The van der Waals surface area contributed by atoms with E-state index in [1.807, 2.05) is 18.2 Å². The first-order chi connectivity index (χ1) is 13.2. The molecule has 1 aromatic carbocycles. The molecule has 0 radical (unpaired) electrons. The van der Waals surface area contributed by atoms with Crippen LogP contribution in [0.2, 0.25) is 0 Å². The Morgan fingerprint density at radius 2 is 2.00 bits per heavy atom. The fourth-order valence-corrected chi connectivity index (χ4v) is 4.09. The first-order valence-electron chi connectivity index (χ1n) is 9.04. The van der Waals surface area contributed by atoms with Crippen molar-refractivity contribution in [2.45, 2.75) is 12.5 Å². The highest BCUT2D eigenvalue weighted by Crippen LogP contribution is 2.28. The Labute approximate surface area is 164 Å². The summed E-state index contributed by atoms with van der Waals surface area (Å²) in [4.78, 5) is 16.1. The van der Waals surface area contributed by atoms with E-state index >= 15 is 0 Å². The molecule has 6 nitrogen and oxygen atoms in total. The summed E-state index contributed by atoms with van der Waals surface area (Å²) in [6, 6.07) is 9.92. The summed E-state index contributed by atoms with van der Waals surface area (Å²) in [7, 11) is 3.19. The van der Waals surface area contributed by atoms with Crippen molar-refractivity contribution in [1.29, 1.82) is 0 Å². The van der Waals surface area contributed by atoms with Gasteiger partial charge in [-0.25, -0.2) is 0 Å². The molecule has 1 atom stereocenters. The normalized spacial score (nSPS) is 15.9. The molecule has 0 aliphatic carbocycles. The fourth-order valence-electron chi connectivity index (χ4n) is 3.23. The third-order valence-corrected chi connectivity index (χ3v) is 5.64. The monoisotopic (exact) mass is 390 g/mol. The SMILES string of the molecule is COc1ccc(CC(=O)NC[C@@H](c2cccs2)N2CCOCC2)cc1OC. The molecule has 2 heterocycles. The summed E-state index contributed by atoms with van der Waals surface area (Å²) < 4.78 is 16.0. The van der Waals surface area contributed by atoms with Crippen LogP contribution in [0.3, 0.4) is 0 Å². The van der Waals surface area contributed by atoms with Gasteiger partial charge in [0.1, 0.15) is 0 Å². The van der Waals surface area contributed by atoms with Crippen LogP contribution < -0.4 is 14.8 Å². The molecular weight excluding hydrogens is 364 g/mol. The second-order valence-electron chi connectivity index (χ2n) is 6.35. The van der Waals surface area contributed by atoms with Gasteiger partial charge in [-0.1, -0.05) is 12.1 Å². The van der Waals surface area contributed by atoms with Crippen LogP contribution in [0.1, 0.15) is 16.5 Å². The predicted octanol–water partition coefficient (Wildman–Crippen LogP) is 2.50. The second-order valence-corrected chi connectivity index (χ2v) is 7.33. The molecule has 0 saturated carbocycles. The predicted molar refractivity (Wildman–Crippen MR) is 106 cm³/mol. The highest BCUT2D eigenvalue weighted by molar-refractivity contribution is 7.10. The summed E-state index contributed by atoms with van der Waals surface area (Å²) in [6.07, 6.45) is 0.306. The van der Waals surface area contributed by atoms with Gasteiger partial charge in [-0.15, -0.1) is 11.3 Å². The van der Waals surface area contributed by atoms with Gasteiger partial charge in [-0.3, -0.25) is 9.69 Å². The minimum absolute atomic E-state index is 0.00274. The van der Waals surface area contributed by atoms with E-state index in [-0.39, 0.29) is 11.9 Å². The van der Waals surface area contributed by atoms with Crippen molar-refractivity contribution in [2.75, 3.05) is 47.1 Å². The first-order valence-corrected chi connectivity index (χ1v) is 9.92. The van der Waals surface area contributed by atoms with E-state index in [0.29, 0.717) is 24.5 Å². The minimum Gasteiger partial charge on any atom is -0.493 e. The zero-order valence-electron chi connectivity index (χ0n) is 15.8. The Kier molecular flexibility index (Phi) is 7.09. The van der Waals surface area contributed by atoms with E-state index < -0.39 is 0 Å². The molecule has 2 aromatic rings. The lowest BCUT2D eigenvalue weighted by Gasteiger charge is -2.34. The highest BCUT2D eigenvalue weighted by atomic mass is 32.1. The van der Waals surface area contributed by atoms with Crippen molar-refractivity contribution in [1.82, 2.24) is 10.2 Å². The van der Waals surface area contributed by atoms with Crippen molar-refractivity contribution in [3.8, 4) is 11.5 Å². The lowest BCUT2D eigenvalue weighted by Crippen LogP contribution is -2.43. The molecule has 3 rings (SSSR count). The number of amides is 1. The van der Waals surface area contributed by atoms with Crippen LogP contribution in [0.25, 0.3) is 0 Å². The van der Waals surface area contributed by atoms with Gasteiger partial charge in [0.05, 0.1) is 39.9 Å². The van der Waals surface area contributed by atoms with Crippen LogP contribution in [0.15, 0.2) is 35.7 Å². The number of rotatable bonds is 8. The van der Waals surface area contributed by atoms with Gasteiger partial charge in [-0.05, 0) is 29.1 Å². The number of morpholine rings is 1. The average Bonchev–Trinajstić information content (AvgIpc) is 3.23. The number of thiophene rings is 1. The number of ether oxygens (including phenoxy) is 3. The molecule has 1 amide bonds. The number of nitrogens with one attached hydrogen (secondary N) is 1. The van der Waals surface area contributed by atoms with E-state index in [2.05, 4.69) is 27.7 Å². The van der Waals surface area contributed by atoms with E-state index in [9.17, 15) is 4.79 Å². The maximum absolute atomic E-state index is 12.5. The smallest absolute Gasteiger partial charge is 0.224 e. The molecule has 27 heavy (non-hydrogen) atoms. The van der Waals surface area contributed by atoms with Crippen LogP contribution in [-0.4, -0.2) is 57.9 Å². The third kappa shape index (κ3) is 5.22. The van der Waals surface area contributed by atoms with Gasteiger partial charge in [0.15, 0.2) is 11.5 Å². The molecule has 1 aromatic heterocycles. The molecule has 1 aliphatic heterocycles. The number of benzene rings is 1. The molecule has 0 unspecified atom stereocenters. The lowest BCUT2D eigenvalue weighted by atomic mass is 10.1. The number of hydrogen-bond acceptors (Lipinski definition) is 6. The van der Waals surface area contributed by atoms with E-state index in [1.165, 1.54) is 4.88 Å². The van der Waals surface area contributed by atoms with Gasteiger partial charge in [0.2, 0.25) is 5.91 Å². The standard InChI is InChI=1S/C20H26N2O4S/c1-24-17-6-5-15(12-18(17)25-2)13-20(23)21-14-16(19-4-3-11-27-19)22-7-9-26-10-8-22/h3-6,11-12,16H,7-10,13-14H2,1-2H3,(H,21,23)/t16-/m0/s1. The Morgan fingerprint density at radius 3 is 2.67 bits per heavy atom. The zero-order chi connectivity index (χ0) is 19.1. The van der Waals surface area contributed by atoms with Gasteiger partial charge in [-0.2, -0.15) is 0 Å². The zero-order valence-corrected chi connectivity index (χ0v) is 16.6. The Morgan fingerprint density at radius 1 is 1.22 bits per heavy atom. The first kappa shape index (κ1) is 19.7. The van der Waals surface area contributed by atoms with Crippen molar-refractivity contribution >= 4 is 17.2 Å². The maximum Gasteiger partial charge on any atom is 0.224 e. The van der Waals surface area contributed by atoms with Gasteiger partial charge in [0.25, 0.3) is 0 Å². The number of hydrogen-bond donors (Lipinski definition) is 1. The highest BCUT2D eigenvalue weighted by Gasteiger charge is 2.24. The largest absolute Gasteiger partial charge is 0.493 e. The molecule has 1 fully saturated rings. The van der Waals surface area contributed by atoms with E-state index in [4.69, 9.17) is 14.2 Å². The Balaban J connectivity index is 1.60. The summed E-state index contributed by atoms with van der Waals surface area (Å²) in [6.45, 7) is 3.83. The molecule has 1 saturated heterocycles. The third-order valence-electron chi connectivity index (χ3n) is 4.66.